The van der Waals surface area contributed by atoms with Crippen LogP contribution in [0.1, 0.15) is 18.1 Å². The molecule has 0 spiro atoms. The standard InChI is InChI=1S/C27H22F2N4O6/c1-14(39-16-7-8-18(28)19(29)11-16)26(35)32-25-27(36)33(12-23(30)34)20-5-3-2-4-17(20)24(31-25)15-6-9-21-22(10-15)38-13-37-21/h2-11,14,25H,12-13H2,1H3,(H2,30,34)(H,32,35)/t14-,25?/m1/s1. The van der Waals surface area contributed by atoms with Crippen LogP contribution in [0.25, 0.3) is 0 Å². The number of amides is 3. The topological polar surface area (TPSA) is 133 Å². The Morgan fingerprint density at radius 1 is 1.10 bits per heavy atom. The van der Waals surface area contributed by atoms with Crippen molar-refractivity contribution >= 4 is 29.1 Å². The van der Waals surface area contributed by atoms with Crippen molar-refractivity contribution in [2.75, 3.05) is 18.2 Å². The van der Waals surface area contributed by atoms with E-state index in [0.717, 1.165) is 17.0 Å². The number of nitrogens with two attached hydrogens (primary N) is 1. The van der Waals surface area contributed by atoms with E-state index in [1.807, 2.05) is 0 Å². The van der Waals surface area contributed by atoms with Crippen LogP contribution in [-0.2, 0) is 14.4 Å². The van der Waals surface area contributed by atoms with E-state index in [1.165, 1.54) is 13.0 Å². The summed E-state index contributed by atoms with van der Waals surface area (Å²) in [5.74, 6) is -3.53. The summed E-state index contributed by atoms with van der Waals surface area (Å²) in [6.07, 6.45) is -2.71. The number of carbonyl (C=O) groups is 3. The van der Waals surface area contributed by atoms with Gasteiger partial charge in [-0.1, -0.05) is 18.2 Å². The van der Waals surface area contributed by atoms with Crippen LogP contribution in [0.15, 0.2) is 65.7 Å². The normalized spacial score (nSPS) is 16.6. The summed E-state index contributed by atoms with van der Waals surface area (Å²) in [5, 5.41) is 2.53. The Morgan fingerprint density at radius 2 is 1.87 bits per heavy atom. The van der Waals surface area contributed by atoms with Gasteiger partial charge in [0.05, 0.1) is 11.4 Å². The number of ether oxygens (including phenoxy) is 3. The van der Waals surface area contributed by atoms with E-state index in [-0.39, 0.29) is 12.5 Å². The first-order chi connectivity index (χ1) is 18.7. The van der Waals surface area contributed by atoms with E-state index < -0.39 is 48.2 Å². The molecule has 200 valence electrons. The molecule has 0 aliphatic carbocycles. The SMILES string of the molecule is C[C@@H](Oc1ccc(F)c(F)c1)C(=O)NC1N=C(c2ccc3c(c2)OCO3)c2ccccc2N(CC(N)=O)C1=O. The molecule has 39 heavy (non-hydrogen) atoms. The molecule has 12 heteroatoms. The first kappa shape index (κ1) is 25.6. The van der Waals surface area contributed by atoms with Gasteiger partial charge in [-0.2, -0.15) is 0 Å². The van der Waals surface area contributed by atoms with Crippen molar-refractivity contribution in [2.24, 2.45) is 10.7 Å². The van der Waals surface area contributed by atoms with Gasteiger partial charge in [0, 0.05) is 17.2 Å². The largest absolute Gasteiger partial charge is 0.481 e. The number of benzene rings is 3. The maximum Gasteiger partial charge on any atom is 0.272 e. The molecule has 0 bridgehead atoms. The van der Waals surface area contributed by atoms with Crippen LogP contribution in [0.2, 0.25) is 0 Å². The number of hydrogen-bond donors (Lipinski definition) is 2. The second kappa shape index (κ2) is 10.4. The Balaban J connectivity index is 1.51. The third kappa shape index (κ3) is 5.21. The number of hydrogen-bond acceptors (Lipinski definition) is 7. The number of halogens is 2. The molecule has 3 N–H and O–H groups in total. The molecular formula is C27H22F2N4O6. The first-order valence-electron chi connectivity index (χ1n) is 11.8. The lowest BCUT2D eigenvalue weighted by Crippen LogP contribution is -2.52. The smallest absolute Gasteiger partial charge is 0.272 e. The number of carbonyl (C=O) groups excluding carboxylic acids is 3. The van der Waals surface area contributed by atoms with Crippen molar-refractivity contribution in [3.05, 3.63) is 83.4 Å². The Kier molecular flexibility index (Phi) is 6.84. The second-order valence-electron chi connectivity index (χ2n) is 8.70. The van der Waals surface area contributed by atoms with Crippen molar-refractivity contribution < 1.29 is 37.4 Å². The van der Waals surface area contributed by atoms with Crippen LogP contribution < -0.4 is 30.2 Å². The minimum atomic E-state index is -1.49. The van der Waals surface area contributed by atoms with Crippen molar-refractivity contribution in [2.45, 2.75) is 19.2 Å². The maximum atomic E-state index is 13.6. The van der Waals surface area contributed by atoms with Gasteiger partial charge in [-0.15, -0.1) is 0 Å². The molecule has 10 nitrogen and oxygen atoms in total. The molecular weight excluding hydrogens is 514 g/mol. The number of nitrogens with one attached hydrogen (secondary N) is 1. The molecule has 2 aliphatic rings. The zero-order valence-electron chi connectivity index (χ0n) is 20.5. The molecule has 0 saturated heterocycles. The Labute approximate surface area is 221 Å². The highest BCUT2D eigenvalue weighted by Crippen LogP contribution is 2.35. The summed E-state index contributed by atoms with van der Waals surface area (Å²) in [7, 11) is 0. The average molecular weight is 536 g/mol. The van der Waals surface area contributed by atoms with Gasteiger partial charge in [0.2, 0.25) is 18.9 Å². The molecule has 0 aromatic heterocycles. The molecule has 2 aliphatic heterocycles. The van der Waals surface area contributed by atoms with Gasteiger partial charge < -0.3 is 25.3 Å². The molecule has 1 unspecified atom stereocenters. The summed E-state index contributed by atoms with van der Waals surface area (Å²) >= 11 is 0. The predicted octanol–water partition coefficient (Wildman–Crippen LogP) is 2.27. The lowest BCUT2D eigenvalue weighted by Gasteiger charge is -2.24. The van der Waals surface area contributed by atoms with Crippen LogP contribution >= 0.6 is 0 Å². The fraction of sp³-hybridized carbons (Fsp3) is 0.185. The minimum Gasteiger partial charge on any atom is -0.481 e. The van der Waals surface area contributed by atoms with Crippen LogP contribution in [0.3, 0.4) is 0 Å². The summed E-state index contributed by atoms with van der Waals surface area (Å²) in [4.78, 5) is 44.3. The summed E-state index contributed by atoms with van der Waals surface area (Å²) in [6, 6.07) is 14.7. The molecule has 0 fully saturated rings. The third-order valence-electron chi connectivity index (χ3n) is 6.02. The van der Waals surface area contributed by atoms with Crippen molar-refractivity contribution in [1.82, 2.24) is 5.32 Å². The quantitative estimate of drug-likeness (QED) is 0.476. The molecule has 2 heterocycles. The fourth-order valence-corrected chi connectivity index (χ4v) is 4.18. The summed E-state index contributed by atoms with van der Waals surface area (Å²) in [5.41, 5.74) is 7.21. The summed E-state index contributed by atoms with van der Waals surface area (Å²) < 4.78 is 43.2. The van der Waals surface area contributed by atoms with Crippen LogP contribution in [0, 0.1) is 11.6 Å². The van der Waals surface area contributed by atoms with Crippen molar-refractivity contribution in [3.8, 4) is 17.2 Å². The lowest BCUT2D eigenvalue weighted by molar-refractivity contribution is -0.131. The highest BCUT2D eigenvalue weighted by atomic mass is 19.2. The highest BCUT2D eigenvalue weighted by Gasteiger charge is 2.35. The molecule has 3 aromatic rings. The molecule has 3 amide bonds. The van der Waals surface area contributed by atoms with Crippen molar-refractivity contribution in [1.29, 1.82) is 0 Å². The number of primary amides is 1. The number of aliphatic imine (C=N–C) groups is 1. The average Bonchev–Trinajstić information content (AvgIpc) is 3.35. The van der Waals surface area contributed by atoms with Gasteiger partial charge in [0.15, 0.2) is 29.2 Å². The number of rotatable bonds is 7. The predicted molar refractivity (Wildman–Crippen MR) is 135 cm³/mol. The van der Waals surface area contributed by atoms with Gasteiger partial charge in [-0.3, -0.25) is 19.3 Å². The number of benzodiazepines with no additional fused rings is 1. The second-order valence-corrected chi connectivity index (χ2v) is 8.70. The molecule has 5 rings (SSSR count). The fourth-order valence-electron chi connectivity index (χ4n) is 4.18. The van der Waals surface area contributed by atoms with Crippen LogP contribution in [-0.4, -0.2) is 49.0 Å². The minimum absolute atomic E-state index is 0.0568. The number of anilines is 1. The first-order valence-corrected chi connectivity index (χ1v) is 11.8. The summed E-state index contributed by atoms with van der Waals surface area (Å²) in [6.45, 7) is 0.963. The number of nitrogens with zero attached hydrogens (tertiary/aromatic N) is 2. The van der Waals surface area contributed by atoms with E-state index in [9.17, 15) is 23.2 Å². The molecule has 0 radical (unpaired) electrons. The van der Waals surface area contributed by atoms with E-state index >= 15 is 0 Å². The lowest BCUT2D eigenvalue weighted by atomic mass is 9.99. The highest BCUT2D eigenvalue weighted by molar-refractivity contribution is 6.21. The van der Waals surface area contributed by atoms with E-state index in [4.69, 9.17) is 19.9 Å². The monoisotopic (exact) mass is 536 g/mol. The Bertz CT molecular complexity index is 1510. The van der Waals surface area contributed by atoms with Gasteiger partial charge in [0.25, 0.3) is 11.8 Å². The van der Waals surface area contributed by atoms with Crippen molar-refractivity contribution in [3.63, 3.8) is 0 Å². The van der Waals surface area contributed by atoms with Crippen LogP contribution in [0.4, 0.5) is 14.5 Å². The number of fused-ring (bicyclic) bond motifs is 2. The Morgan fingerprint density at radius 3 is 2.64 bits per heavy atom. The maximum absolute atomic E-state index is 13.6. The van der Waals surface area contributed by atoms with Gasteiger partial charge in [-0.25, -0.2) is 13.8 Å². The number of para-hydroxylation sites is 1. The third-order valence-corrected chi connectivity index (χ3v) is 6.02. The van der Waals surface area contributed by atoms with Gasteiger partial charge in [0.1, 0.15) is 12.3 Å². The van der Waals surface area contributed by atoms with E-state index in [0.29, 0.717) is 34.0 Å². The molecule has 2 atom stereocenters. The van der Waals surface area contributed by atoms with E-state index in [1.54, 1.807) is 42.5 Å². The van der Waals surface area contributed by atoms with Gasteiger partial charge in [-0.05, 0) is 43.3 Å². The van der Waals surface area contributed by atoms with Gasteiger partial charge >= 0.3 is 0 Å². The Hall–Kier alpha value is -5.00. The van der Waals surface area contributed by atoms with Crippen LogP contribution in [0.5, 0.6) is 17.2 Å². The zero-order chi connectivity index (χ0) is 27.7. The molecule has 3 aromatic carbocycles. The zero-order valence-corrected chi connectivity index (χ0v) is 20.5. The van der Waals surface area contributed by atoms with E-state index in [2.05, 4.69) is 10.3 Å². The molecule has 0 saturated carbocycles.